The third-order valence-electron chi connectivity index (χ3n) is 6.76. The predicted octanol–water partition coefficient (Wildman–Crippen LogP) is 5.38. The Morgan fingerprint density at radius 2 is 1.74 bits per heavy atom. The Balaban J connectivity index is 1.81. The number of nitriles is 2. The van der Waals surface area contributed by atoms with E-state index in [1.165, 1.54) is 24.4 Å². The maximum Gasteiger partial charge on any atom is 0.170 e. The number of aromatic hydroxyl groups is 1. The molecule has 1 aliphatic heterocycles. The van der Waals surface area contributed by atoms with Crippen LogP contribution in [0, 0.1) is 51.8 Å². The van der Waals surface area contributed by atoms with Crippen molar-refractivity contribution in [1.29, 1.82) is 10.5 Å². The standard InChI is InChI=1S/C28H19F4N5O/c29-18-5-15(6-19(30)9-18)21-12-36-24-2-1-14(25-26(32)22(31)8-16(10-33)28(25)38)7-20(24)27(21)37-4-3-23(35)17(11-34)13-37/h1-2,5-9,12,17,23,38H,3-4,13,35H2/t17-,23-/m1/s1. The van der Waals surface area contributed by atoms with Gasteiger partial charge in [-0.3, -0.25) is 4.98 Å². The molecule has 6 nitrogen and oxygen atoms in total. The Labute approximate surface area is 214 Å². The van der Waals surface area contributed by atoms with Gasteiger partial charge in [0.1, 0.15) is 23.5 Å². The normalized spacial score (nSPS) is 17.3. The SMILES string of the molecule is N#Cc1cc(F)c(F)c(-c2ccc3ncc(-c4cc(F)cc(F)c4)c(N4CC[C@@H](N)[C@H](C#N)C4)c3c2)c1O. The van der Waals surface area contributed by atoms with Crippen LogP contribution in [0.4, 0.5) is 23.2 Å². The number of piperidine rings is 1. The molecule has 38 heavy (non-hydrogen) atoms. The van der Waals surface area contributed by atoms with Crippen LogP contribution < -0.4 is 10.6 Å². The Kier molecular flexibility index (Phi) is 6.35. The van der Waals surface area contributed by atoms with Crippen LogP contribution in [0.25, 0.3) is 33.2 Å². The van der Waals surface area contributed by atoms with Gasteiger partial charge in [-0.05, 0) is 47.9 Å². The second kappa shape index (κ2) is 9.66. The lowest BCUT2D eigenvalue weighted by molar-refractivity contribution is 0.425. The summed E-state index contributed by atoms with van der Waals surface area (Å²) in [5.74, 6) is -5.50. The summed E-state index contributed by atoms with van der Waals surface area (Å²) < 4.78 is 57.6. The van der Waals surface area contributed by atoms with Crippen LogP contribution >= 0.6 is 0 Å². The lowest BCUT2D eigenvalue weighted by atomic mass is 9.91. The molecule has 190 valence electrons. The molecule has 0 radical (unpaired) electrons. The van der Waals surface area contributed by atoms with Gasteiger partial charge in [-0.1, -0.05) is 6.07 Å². The molecule has 5 rings (SSSR count). The van der Waals surface area contributed by atoms with Crippen molar-refractivity contribution in [3.05, 3.63) is 77.5 Å². The number of fused-ring (bicyclic) bond motifs is 1. The first-order valence-electron chi connectivity index (χ1n) is 11.6. The molecule has 3 aromatic carbocycles. The molecule has 0 unspecified atom stereocenters. The van der Waals surface area contributed by atoms with E-state index >= 15 is 0 Å². The summed E-state index contributed by atoms with van der Waals surface area (Å²) in [7, 11) is 0. The largest absolute Gasteiger partial charge is 0.506 e. The van der Waals surface area contributed by atoms with E-state index in [0.29, 0.717) is 41.2 Å². The number of phenols is 1. The van der Waals surface area contributed by atoms with E-state index in [1.807, 2.05) is 4.90 Å². The van der Waals surface area contributed by atoms with E-state index in [9.17, 15) is 33.2 Å². The van der Waals surface area contributed by atoms with Gasteiger partial charge in [0, 0.05) is 42.3 Å². The van der Waals surface area contributed by atoms with Crippen molar-refractivity contribution in [2.75, 3.05) is 18.0 Å². The van der Waals surface area contributed by atoms with Crippen LogP contribution in [0.1, 0.15) is 12.0 Å². The summed E-state index contributed by atoms with van der Waals surface area (Å²) in [6.45, 7) is 0.621. The number of hydrogen-bond acceptors (Lipinski definition) is 6. The molecule has 0 aliphatic carbocycles. The summed E-state index contributed by atoms with van der Waals surface area (Å²) in [4.78, 5) is 6.27. The Hall–Kier alpha value is -4.67. The number of aromatic nitrogens is 1. The lowest BCUT2D eigenvalue weighted by Gasteiger charge is -2.37. The van der Waals surface area contributed by atoms with Crippen molar-refractivity contribution in [3.8, 4) is 40.1 Å². The molecule has 10 heteroatoms. The maximum atomic E-state index is 14.9. The fraction of sp³-hybridized carbons (Fsp3) is 0.179. The first-order valence-corrected chi connectivity index (χ1v) is 11.6. The molecule has 1 saturated heterocycles. The van der Waals surface area contributed by atoms with Gasteiger partial charge < -0.3 is 15.7 Å². The van der Waals surface area contributed by atoms with E-state index in [1.54, 1.807) is 6.07 Å². The number of pyridine rings is 1. The highest BCUT2D eigenvalue weighted by atomic mass is 19.2. The number of nitrogens with two attached hydrogens (primary N) is 1. The number of hydrogen-bond donors (Lipinski definition) is 2. The van der Waals surface area contributed by atoms with Crippen LogP contribution in [-0.2, 0) is 0 Å². The van der Waals surface area contributed by atoms with Gasteiger partial charge in [-0.2, -0.15) is 10.5 Å². The quantitative estimate of drug-likeness (QED) is 0.353. The van der Waals surface area contributed by atoms with Crippen molar-refractivity contribution < 1.29 is 22.7 Å². The Morgan fingerprint density at radius 3 is 2.42 bits per heavy atom. The van der Waals surface area contributed by atoms with E-state index in [-0.39, 0.29) is 23.7 Å². The van der Waals surface area contributed by atoms with E-state index in [0.717, 1.165) is 18.2 Å². The maximum absolute atomic E-state index is 14.9. The molecule has 3 N–H and O–H groups in total. The molecule has 1 aromatic heterocycles. The third-order valence-corrected chi connectivity index (χ3v) is 6.76. The minimum atomic E-state index is -1.34. The van der Waals surface area contributed by atoms with Crippen LogP contribution in [0.15, 0.2) is 48.7 Å². The summed E-state index contributed by atoms with van der Waals surface area (Å²) in [5.41, 5.74) is 6.64. The number of halogens is 4. The monoisotopic (exact) mass is 517 g/mol. The number of benzene rings is 3. The van der Waals surface area contributed by atoms with Crippen molar-refractivity contribution in [3.63, 3.8) is 0 Å². The number of anilines is 1. The second-order valence-corrected chi connectivity index (χ2v) is 9.10. The zero-order valence-corrected chi connectivity index (χ0v) is 19.7. The topological polar surface area (TPSA) is 110 Å². The zero-order valence-electron chi connectivity index (χ0n) is 19.7. The summed E-state index contributed by atoms with van der Waals surface area (Å²) in [5, 5.41) is 29.8. The number of rotatable bonds is 3. The molecular weight excluding hydrogens is 498 g/mol. The molecular formula is C28H19F4N5O. The Morgan fingerprint density at radius 1 is 1.00 bits per heavy atom. The second-order valence-electron chi connectivity index (χ2n) is 9.10. The van der Waals surface area contributed by atoms with Gasteiger partial charge in [0.05, 0.1) is 34.3 Å². The highest BCUT2D eigenvalue weighted by Gasteiger charge is 2.30. The van der Waals surface area contributed by atoms with Crippen LogP contribution in [0.2, 0.25) is 0 Å². The van der Waals surface area contributed by atoms with Gasteiger partial charge in [0.25, 0.3) is 0 Å². The first-order chi connectivity index (χ1) is 18.2. The summed E-state index contributed by atoms with van der Waals surface area (Å²) in [6, 6.07) is 11.5. The van der Waals surface area contributed by atoms with Gasteiger partial charge in [0.2, 0.25) is 0 Å². The molecule has 0 saturated carbocycles. The Bertz CT molecular complexity index is 1660. The number of phenolic OH excluding ortho intramolecular Hbond substituents is 1. The predicted molar refractivity (Wildman–Crippen MR) is 133 cm³/mol. The smallest absolute Gasteiger partial charge is 0.170 e. The zero-order chi connectivity index (χ0) is 27.1. The van der Waals surface area contributed by atoms with E-state index < -0.39 is 46.1 Å². The number of nitrogens with zero attached hydrogens (tertiary/aromatic N) is 4. The molecule has 0 bridgehead atoms. The summed E-state index contributed by atoms with van der Waals surface area (Å²) >= 11 is 0. The van der Waals surface area contributed by atoms with Crippen molar-refractivity contribution >= 4 is 16.6 Å². The van der Waals surface area contributed by atoms with Gasteiger partial charge in [0.15, 0.2) is 11.6 Å². The van der Waals surface area contributed by atoms with E-state index in [4.69, 9.17) is 5.73 Å². The van der Waals surface area contributed by atoms with E-state index in [2.05, 4.69) is 11.1 Å². The van der Waals surface area contributed by atoms with Crippen LogP contribution in [0.5, 0.6) is 5.75 Å². The lowest BCUT2D eigenvalue weighted by Crippen LogP contribution is -2.46. The molecule has 1 aliphatic rings. The van der Waals surface area contributed by atoms with Crippen molar-refractivity contribution in [1.82, 2.24) is 4.98 Å². The minimum absolute atomic E-state index is 0.0552. The average molecular weight is 517 g/mol. The van der Waals surface area contributed by atoms with Gasteiger partial charge in [-0.25, -0.2) is 17.6 Å². The molecule has 4 aromatic rings. The van der Waals surface area contributed by atoms with Crippen LogP contribution in [0.3, 0.4) is 0 Å². The van der Waals surface area contributed by atoms with Crippen molar-refractivity contribution in [2.45, 2.75) is 12.5 Å². The first kappa shape index (κ1) is 25.0. The molecule has 1 fully saturated rings. The average Bonchev–Trinajstić information content (AvgIpc) is 2.90. The van der Waals surface area contributed by atoms with Gasteiger partial charge >= 0.3 is 0 Å². The summed E-state index contributed by atoms with van der Waals surface area (Å²) in [6.07, 6.45) is 1.92. The molecule has 2 heterocycles. The third kappa shape index (κ3) is 4.25. The highest BCUT2D eigenvalue weighted by molar-refractivity contribution is 6.02. The van der Waals surface area contributed by atoms with Crippen molar-refractivity contribution in [2.24, 2.45) is 11.7 Å². The minimum Gasteiger partial charge on any atom is -0.506 e. The fourth-order valence-electron chi connectivity index (χ4n) is 4.87. The van der Waals surface area contributed by atoms with Crippen LogP contribution in [-0.4, -0.2) is 29.2 Å². The fourth-order valence-corrected chi connectivity index (χ4v) is 4.87. The molecule has 2 atom stereocenters. The highest BCUT2D eigenvalue weighted by Crippen LogP contribution is 2.42. The molecule has 0 amide bonds. The van der Waals surface area contributed by atoms with Gasteiger partial charge in [-0.15, -0.1) is 0 Å². The molecule has 0 spiro atoms.